The van der Waals surface area contributed by atoms with Crippen molar-refractivity contribution >= 4 is 17.6 Å². The van der Waals surface area contributed by atoms with Crippen molar-refractivity contribution < 1.29 is 14.4 Å². The molecular formula is C23H33N3O3. The van der Waals surface area contributed by atoms with Gasteiger partial charge in [-0.25, -0.2) is 0 Å². The van der Waals surface area contributed by atoms with Gasteiger partial charge in [0.15, 0.2) is 5.78 Å². The molecule has 3 atom stereocenters. The molecule has 2 saturated heterocycles. The molecule has 2 fully saturated rings. The van der Waals surface area contributed by atoms with Gasteiger partial charge >= 0.3 is 0 Å². The van der Waals surface area contributed by atoms with Crippen molar-refractivity contribution in [2.75, 3.05) is 13.1 Å². The van der Waals surface area contributed by atoms with Crippen LogP contribution < -0.4 is 10.6 Å². The zero-order valence-electron chi connectivity index (χ0n) is 17.7. The number of nitrogens with zero attached hydrogens (tertiary/aromatic N) is 1. The van der Waals surface area contributed by atoms with Gasteiger partial charge in [0.05, 0.1) is 23.5 Å². The Bertz CT molecular complexity index is 741. The number of carbonyl (C=O) groups excluding carboxylic acids is 3. The zero-order valence-corrected chi connectivity index (χ0v) is 17.7. The van der Waals surface area contributed by atoms with Crippen LogP contribution in [0.2, 0.25) is 0 Å². The number of ketones is 1. The van der Waals surface area contributed by atoms with E-state index >= 15 is 0 Å². The summed E-state index contributed by atoms with van der Waals surface area (Å²) >= 11 is 0. The Morgan fingerprint density at radius 1 is 1.17 bits per heavy atom. The highest BCUT2D eigenvalue weighted by Crippen LogP contribution is 2.28. The van der Waals surface area contributed by atoms with Gasteiger partial charge in [-0.2, -0.15) is 0 Å². The van der Waals surface area contributed by atoms with E-state index in [4.69, 9.17) is 0 Å². The van der Waals surface area contributed by atoms with Gasteiger partial charge in [-0.05, 0) is 44.7 Å². The van der Waals surface area contributed by atoms with E-state index in [1.165, 1.54) is 0 Å². The normalized spacial score (nSPS) is 23.1. The summed E-state index contributed by atoms with van der Waals surface area (Å²) < 4.78 is 0. The number of likely N-dealkylation sites (tertiary alicyclic amines) is 1. The average molecular weight is 400 g/mol. The van der Waals surface area contributed by atoms with Crippen LogP contribution in [0.5, 0.6) is 0 Å². The van der Waals surface area contributed by atoms with Gasteiger partial charge in [-0.15, -0.1) is 0 Å². The Balaban J connectivity index is 1.60. The van der Waals surface area contributed by atoms with Crippen LogP contribution >= 0.6 is 0 Å². The van der Waals surface area contributed by atoms with Gasteiger partial charge in [0.25, 0.3) is 0 Å². The molecule has 0 aliphatic carbocycles. The Morgan fingerprint density at radius 2 is 1.90 bits per heavy atom. The molecule has 6 nitrogen and oxygen atoms in total. The van der Waals surface area contributed by atoms with E-state index in [9.17, 15) is 14.4 Å². The fourth-order valence-corrected chi connectivity index (χ4v) is 4.31. The number of rotatable bonds is 7. The third-order valence-electron chi connectivity index (χ3n) is 6.14. The van der Waals surface area contributed by atoms with Gasteiger partial charge in [0.1, 0.15) is 0 Å². The fraction of sp³-hybridized carbons (Fsp3) is 0.609. The number of hydrogen-bond donors (Lipinski definition) is 2. The lowest BCUT2D eigenvalue weighted by Crippen LogP contribution is -2.49. The van der Waals surface area contributed by atoms with Crippen molar-refractivity contribution in [2.45, 2.75) is 71.0 Å². The summed E-state index contributed by atoms with van der Waals surface area (Å²) in [6, 6.07) is 9.08. The molecule has 3 rings (SSSR count). The van der Waals surface area contributed by atoms with E-state index in [1.54, 1.807) is 18.7 Å². The number of Topliss-reactive ketones (excluding diaryl/α,β-unsaturated/α-hetero) is 1. The molecule has 2 unspecified atom stereocenters. The van der Waals surface area contributed by atoms with Crippen LogP contribution in [0.4, 0.5) is 0 Å². The maximum Gasteiger partial charge on any atom is 0.240 e. The van der Waals surface area contributed by atoms with E-state index in [2.05, 4.69) is 10.6 Å². The van der Waals surface area contributed by atoms with E-state index in [1.807, 2.05) is 37.3 Å². The highest BCUT2D eigenvalue weighted by atomic mass is 16.2. The Kier molecular flexibility index (Phi) is 6.73. The minimum Gasteiger partial charge on any atom is -0.349 e. The highest BCUT2D eigenvalue weighted by Gasteiger charge is 2.40. The molecule has 0 spiro atoms. The smallest absolute Gasteiger partial charge is 0.240 e. The maximum absolute atomic E-state index is 13.1. The Hall–Kier alpha value is -2.21. The highest BCUT2D eigenvalue weighted by molar-refractivity contribution is 5.95. The third kappa shape index (κ3) is 5.04. The lowest BCUT2D eigenvalue weighted by Gasteiger charge is -2.30. The Labute approximate surface area is 173 Å². The second-order valence-corrected chi connectivity index (χ2v) is 8.97. The summed E-state index contributed by atoms with van der Waals surface area (Å²) in [6.07, 6.45) is 3.49. The molecule has 1 aromatic carbocycles. The molecule has 158 valence electrons. The molecule has 0 aromatic heterocycles. The first-order valence-electron chi connectivity index (χ1n) is 10.7. The molecule has 0 bridgehead atoms. The topological polar surface area (TPSA) is 78.5 Å². The van der Waals surface area contributed by atoms with Crippen molar-refractivity contribution in [1.29, 1.82) is 0 Å². The molecule has 2 amide bonds. The van der Waals surface area contributed by atoms with Crippen LogP contribution in [0.25, 0.3) is 0 Å². The van der Waals surface area contributed by atoms with E-state index in [0.29, 0.717) is 13.0 Å². The molecule has 2 aliphatic heterocycles. The lowest BCUT2D eigenvalue weighted by atomic mass is 9.83. The molecule has 2 N–H and O–H groups in total. The predicted molar refractivity (Wildman–Crippen MR) is 112 cm³/mol. The monoisotopic (exact) mass is 399 g/mol. The quantitative estimate of drug-likeness (QED) is 0.739. The van der Waals surface area contributed by atoms with Gasteiger partial charge in [-0.1, -0.05) is 44.2 Å². The number of nitrogens with one attached hydrogen (secondary N) is 2. The number of amides is 2. The van der Waals surface area contributed by atoms with Gasteiger partial charge in [-0.3, -0.25) is 14.4 Å². The molecule has 2 heterocycles. The summed E-state index contributed by atoms with van der Waals surface area (Å²) in [6.45, 7) is 7.03. The number of benzene rings is 1. The molecule has 6 heteroatoms. The second-order valence-electron chi connectivity index (χ2n) is 8.97. The summed E-state index contributed by atoms with van der Waals surface area (Å²) in [5.74, 6) is -0.116. The zero-order chi connectivity index (χ0) is 21.0. The maximum atomic E-state index is 13.1. The molecule has 2 aliphatic rings. The van der Waals surface area contributed by atoms with Gasteiger partial charge < -0.3 is 15.5 Å². The molecule has 1 aromatic rings. The Morgan fingerprint density at radius 3 is 2.55 bits per heavy atom. The summed E-state index contributed by atoms with van der Waals surface area (Å²) in [5.41, 5.74) is 0.197. The first kappa shape index (κ1) is 21.5. The van der Waals surface area contributed by atoms with Crippen LogP contribution in [-0.2, 0) is 14.4 Å². The minimum absolute atomic E-state index is 0.0126. The van der Waals surface area contributed by atoms with E-state index in [-0.39, 0.29) is 36.1 Å². The van der Waals surface area contributed by atoms with E-state index < -0.39 is 11.5 Å². The molecule has 29 heavy (non-hydrogen) atoms. The lowest BCUT2D eigenvalue weighted by molar-refractivity contribution is -0.141. The van der Waals surface area contributed by atoms with Crippen molar-refractivity contribution in [3.8, 4) is 0 Å². The van der Waals surface area contributed by atoms with Gasteiger partial charge in [0, 0.05) is 13.0 Å². The number of carbonyl (C=O) groups is 3. The first-order chi connectivity index (χ1) is 13.8. The molecular weight excluding hydrogens is 366 g/mol. The second kappa shape index (κ2) is 9.08. The predicted octanol–water partition coefficient (Wildman–Crippen LogP) is 2.59. The standard InChI is InChI=1S/C23H33N3O3/c1-16(17-9-5-4-6-10-17)25-22(29)23(2,3)15-20(27)19-12-8-14-26(19)21(28)18-11-7-13-24-18/h4-6,9-10,16,18-19,24H,7-8,11-15H2,1-3H3,(H,25,29)/t16?,18-,19?/m1/s1. The van der Waals surface area contributed by atoms with E-state index in [0.717, 1.165) is 31.4 Å². The molecule has 0 radical (unpaired) electrons. The van der Waals surface area contributed by atoms with Crippen LogP contribution in [0, 0.1) is 5.41 Å². The van der Waals surface area contributed by atoms with Crippen molar-refractivity contribution in [3.05, 3.63) is 35.9 Å². The number of hydrogen-bond acceptors (Lipinski definition) is 4. The van der Waals surface area contributed by atoms with Crippen LogP contribution in [0.3, 0.4) is 0 Å². The van der Waals surface area contributed by atoms with Crippen LogP contribution in [0.15, 0.2) is 30.3 Å². The molecule has 0 saturated carbocycles. The van der Waals surface area contributed by atoms with Crippen molar-refractivity contribution in [2.24, 2.45) is 5.41 Å². The van der Waals surface area contributed by atoms with Gasteiger partial charge in [0.2, 0.25) is 11.8 Å². The minimum atomic E-state index is -0.830. The average Bonchev–Trinajstić information content (AvgIpc) is 3.39. The van der Waals surface area contributed by atoms with Crippen LogP contribution in [-0.4, -0.2) is 47.7 Å². The summed E-state index contributed by atoms with van der Waals surface area (Å²) in [4.78, 5) is 40.5. The largest absolute Gasteiger partial charge is 0.349 e. The first-order valence-corrected chi connectivity index (χ1v) is 10.7. The fourth-order valence-electron chi connectivity index (χ4n) is 4.31. The van der Waals surface area contributed by atoms with Crippen molar-refractivity contribution in [1.82, 2.24) is 15.5 Å². The van der Waals surface area contributed by atoms with Crippen LogP contribution in [0.1, 0.15) is 64.5 Å². The summed E-state index contributed by atoms with van der Waals surface area (Å²) in [5, 5.41) is 6.26. The SMILES string of the molecule is CC(NC(=O)C(C)(C)CC(=O)C1CCCN1C(=O)[C@H]1CCCN1)c1ccccc1. The third-order valence-corrected chi connectivity index (χ3v) is 6.14. The summed E-state index contributed by atoms with van der Waals surface area (Å²) in [7, 11) is 0. The van der Waals surface area contributed by atoms with Crippen molar-refractivity contribution in [3.63, 3.8) is 0 Å².